The summed E-state index contributed by atoms with van der Waals surface area (Å²) in [6.07, 6.45) is 2.78. The molecule has 0 aromatic rings. The molecule has 0 unspecified atom stereocenters. The quantitative estimate of drug-likeness (QED) is 0.731. The summed E-state index contributed by atoms with van der Waals surface area (Å²) in [7, 11) is 0. The number of carboxylic acid groups (broad SMARTS) is 1. The topological polar surface area (TPSA) is 64.3 Å². The van der Waals surface area contributed by atoms with Crippen LogP contribution < -0.4 is 0 Å². The van der Waals surface area contributed by atoms with E-state index in [-0.39, 0.29) is 0 Å². The van der Waals surface area contributed by atoms with E-state index in [2.05, 4.69) is 11.0 Å². The summed E-state index contributed by atoms with van der Waals surface area (Å²) >= 11 is 0. The average molecular weight is 196 g/mol. The Bertz CT molecular complexity index is 227. The van der Waals surface area contributed by atoms with Crippen LogP contribution in [0.4, 0.5) is 0 Å². The predicted octanol–water partition coefficient (Wildman–Crippen LogP) is 1.09. The molecule has 4 nitrogen and oxygen atoms in total. The predicted molar refractivity (Wildman–Crippen MR) is 51.6 cm³/mol. The van der Waals surface area contributed by atoms with Crippen LogP contribution in [0, 0.1) is 17.2 Å². The fourth-order valence-corrected chi connectivity index (χ4v) is 1.87. The summed E-state index contributed by atoms with van der Waals surface area (Å²) in [5, 5.41) is 17.0. The van der Waals surface area contributed by atoms with Gasteiger partial charge in [-0.15, -0.1) is 0 Å². The van der Waals surface area contributed by atoms with Crippen LogP contribution in [0.15, 0.2) is 0 Å². The molecule has 0 aromatic heterocycles. The molecule has 0 aromatic carbocycles. The van der Waals surface area contributed by atoms with E-state index in [0.29, 0.717) is 18.8 Å². The molecule has 1 heterocycles. The van der Waals surface area contributed by atoms with Gasteiger partial charge < -0.3 is 10.0 Å². The highest BCUT2D eigenvalue weighted by Gasteiger charge is 2.20. The van der Waals surface area contributed by atoms with Crippen LogP contribution in [0.2, 0.25) is 0 Å². The van der Waals surface area contributed by atoms with Crippen LogP contribution in [0.5, 0.6) is 0 Å². The Morgan fingerprint density at radius 2 is 2.14 bits per heavy atom. The number of likely N-dealkylation sites (tertiary alicyclic amines) is 1. The summed E-state index contributed by atoms with van der Waals surface area (Å²) in [5.74, 6) is -0.355. The number of hydrogen-bond donors (Lipinski definition) is 1. The Morgan fingerprint density at radius 3 is 2.64 bits per heavy atom. The number of rotatable bonds is 4. The second-order valence-corrected chi connectivity index (χ2v) is 3.79. The molecule has 1 saturated heterocycles. The monoisotopic (exact) mass is 196 g/mol. The van der Waals surface area contributed by atoms with E-state index in [4.69, 9.17) is 10.4 Å². The third kappa shape index (κ3) is 3.75. The number of carbonyl (C=O) groups is 1. The molecule has 0 spiro atoms. The first-order chi connectivity index (χ1) is 6.72. The second kappa shape index (κ2) is 5.61. The zero-order valence-electron chi connectivity index (χ0n) is 8.28. The number of piperidine rings is 1. The molecule has 0 aliphatic carbocycles. The third-order valence-corrected chi connectivity index (χ3v) is 2.71. The Morgan fingerprint density at radius 1 is 1.50 bits per heavy atom. The van der Waals surface area contributed by atoms with Crippen LogP contribution >= 0.6 is 0 Å². The summed E-state index contributed by atoms with van der Waals surface area (Å²) in [5.41, 5.74) is 0. The Balaban J connectivity index is 2.18. The van der Waals surface area contributed by atoms with Crippen molar-refractivity contribution in [3.63, 3.8) is 0 Å². The first-order valence-corrected chi connectivity index (χ1v) is 5.03. The van der Waals surface area contributed by atoms with Gasteiger partial charge in [0.15, 0.2) is 0 Å². The van der Waals surface area contributed by atoms with Gasteiger partial charge in [-0.3, -0.25) is 4.79 Å². The van der Waals surface area contributed by atoms with Crippen LogP contribution in [-0.2, 0) is 4.79 Å². The maximum Gasteiger partial charge on any atom is 0.303 e. The highest BCUT2D eigenvalue weighted by Crippen LogP contribution is 2.20. The molecular formula is C10H16N2O2. The van der Waals surface area contributed by atoms with Crippen LogP contribution in [0.1, 0.15) is 25.7 Å². The second-order valence-electron chi connectivity index (χ2n) is 3.79. The molecule has 78 valence electrons. The molecule has 1 aliphatic heterocycles. The Labute approximate surface area is 84.1 Å². The molecular weight excluding hydrogens is 180 g/mol. The Hall–Kier alpha value is -1.08. The zero-order chi connectivity index (χ0) is 10.4. The average Bonchev–Trinajstić information content (AvgIpc) is 2.16. The summed E-state index contributed by atoms with van der Waals surface area (Å²) in [4.78, 5) is 12.7. The molecule has 4 heteroatoms. The molecule has 1 N–H and O–H groups in total. The van der Waals surface area contributed by atoms with Gasteiger partial charge in [0.2, 0.25) is 0 Å². The number of nitrogens with zero attached hydrogens (tertiary/aromatic N) is 2. The van der Waals surface area contributed by atoms with Crippen molar-refractivity contribution in [3.05, 3.63) is 0 Å². The summed E-state index contributed by atoms with van der Waals surface area (Å²) < 4.78 is 0. The van der Waals surface area contributed by atoms with Gasteiger partial charge in [-0.25, -0.2) is 0 Å². The van der Waals surface area contributed by atoms with Crippen LogP contribution in [-0.4, -0.2) is 35.6 Å². The number of aliphatic carboxylic acids is 1. The lowest BCUT2D eigenvalue weighted by Crippen LogP contribution is -2.34. The molecule has 14 heavy (non-hydrogen) atoms. The lowest BCUT2D eigenvalue weighted by atomic mass is 9.93. The number of carboxylic acids is 1. The fraction of sp³-hybridized carbons (Fsp3) is 0.800. The van der Waals surface area contributed by atoms with E-state index in [0.717, 1.165) is 32.5 Å². The van der Waals surface area contributed by atoms with Gasteiger partial charge in [-0.05, 0) is 31.8 Å². The van der Waals surface area contributed by atoms with Crippen molar-refractivity contribution in [1.82, 2.24) is 4.90 Å². The minimum absolute atomic E-state index is 0.298. The zero-order valence-corrected chi connectivity index (χ0v) is 8.28. The van der Waals surface area contributed by atoms with Crippen molar-refractivity contribution in [1.29, 1.82) is 5.26 Å². The molecule has 1 fully saturated rings. The van der Waals surface area contributed by atoms with Gasteiger partial charge in [0.05, 0.1) is 6.07 Å². The molecule has 1 rings (SSSR count). The van der Waals surface area contributed by atoms with Crippen molar-refractivity contribution < 1.29 is 9.90 Å². The van der Waals surface area contributed by atoms with E-state index in [1.165, 1.54) is 0 Å². The van der Waals surface area contributed by atoms with E-state index >= 15 is 0 Å². The van der Waals surface area contributed by atoms with Gasteiger partial charge in [-0.1, -0.05) is 0 Å². The SMILES string of the molecule is N#CCCN1CCC(CC(=O)O)CC1. The van der Waals surface area contributed by atoms with Crippen molar-refractivity contribution in [2.24, 2.45) is 5.92 Å². The van der Waals surface area contributed by atoms with Crippen molar-refractivity contribution in [3.8, 4) is 6.07 Å². The normalized spacial score (nSPS) is 19.1. The molecule has 0 saturated carbocycles. The maximum atomic E-state index is 10.5. The first kappa shape index (κ1) is 11.0. The van der Waals surface area contributed by atoms with Crippen molar-refractivity contribution in [2.75, 3.05) is 19.6 Å². The van der Waals surface area contributed by atoms with Gasteiger partial charge in [-0.2, -0.15) is 5.26 Å². The van der Waals surface area contributed by atoms with Crippen LogP contribution in [0.3, 0.4) is 0 Å². The summed E-state index contributed by atoms with van der Waals surface area (Å²) in [6.45, 7) is 2.72. The lowest BCUT2D eigenvalue weighted by molar-refractivity contribution is -0.138. The number of nitriles is 1. The smallest absolute Gasteiger partial charge is 0.303 e. The van der Waals surface area contributed by atoms with Gasteiger partial charge in [0, 0.05) is 19.4 Å². The number of hydrogen-bond acceptors (Lipinski definition) is 3. The standard InChI is InChI=1S/C10H16N2O2/c11-4-1-5-12-6-2-9(3-7-12)8-10(13)14/h9H,1-3,5-8H2,(H,13,14). The van der Waals surface area contributed by atoms with Crippen LogP contribution in [0.25, 0.3) is 0 Å². The molecule has 0 amide bonds. The fourth-order valence-electron chi connectivity index (χ4n) is 1.87. The third-order valence-electron chi connectivity index (χ3n) is 2.71. The van der Waals surface area contributed by atoms with Crippen molar-refractivity contribution >= 4 is 5.97 Å². The maximum absolute atomic E-state index is 10.5. The first-order valence-electron chi connectivity index (χ1n) is 5.03. The van der Waals surface area contributed by atoms with E-state index < -0.39 is 5.97 Å². The minimum atomic E-state index is -0.694. The highest BCUT2D eigenvalue weighted by atomic mass is 16.4. The lowest BCUT2D eigenvalue weighted by Gasteiger charge is -2.30. The van der Waals surface area contributed by atoms with E-state index in [1.54, 1.807) is 0 Å². The van der Waals surface area contributed by atoms with Gasteiger partial charge >= 0.3 is 5.97 Å². The molecule has 0 radical (unpaired) electrons. The van der Waals surface area contributed by atoms with E-state index in [9.17, 15) is 4.79 Å². The highest BCUT2D eigenvalue weighted by molar-refractivity contribution is 5.67. The van der Waals surface area contributed by atoms with E-state index in [1.807, 2.05) is 0 Å². The molecule has 0 atom stereocenters. The largest absolute Gasteiger partial charge is 0.481 e. The molecule has 1 aliphatic rings. The van der Waals surface area contributed by atoms with Crippen molar-refractivity contribution in [2.45, 2.75) is 25.7 Å². The molecule has 0 bridgehead atoms. The van der Waals surface area contributed by atoms with Gasteiger partial charge in [0.25, 0.3) is 0 Å². The van der Waals surface area contributed by atoms with Gasteiger partial charge in [0.1, 0.15) is 0 Å². The summed E-state index contributed by atoms with van der Waals surface area (Å²) in [6, 6.07) is 2.12. The Kier molecular flexibility index (Phi) is 4.41. The minimum Gasteiger partial charge on any atom is -0.481 e.